The van der Waals surface area contributed by atoms with Gasteiger partial charge in [0.15, 0.2) is 0 Å². The second-order valence-corrected chi connectivity index (χ2v) is 5.37. The Morgan fingerprint density at radius 3 is 2.38 bits per heavy atom. The number of carbonyl (C=O) groups is 1. The van der Waals surface area contributed by atoms with Crippen LogP contribution in [0.5, 0.6) is 5.88 Å². The number of nitrogens with zero attached hydrogens (tertiary/aromatic N) is 2. The van der Waals surface area contributed by atoms with Crippen molar-refractivity contribution in [1.82, 2.24) is 9.97 Å². The number of anilines is 1. The summed E-state index contributed by atoms with van der Waals surface area (Å²) in [6.45, 7) is 3.55. The zero-order valence-electron chi connectivity index (χ0n) is 13.0. The number of H-pyrrole nitrogens is 2. The van der Waals surface area contributed by atoms with Crippen LogP contribution in [0.4, 0.5) is 5.69 Å². The number of hydrogen-bond donors (Lipinski definition) is 3. The molecular weight excluding hydrogens is 312 g/mol. The highest BCUT2D eigenvalue weighted by Crippen LogP contribution is 2.25. The summed E-state index contributed by atoms with van der Waals surface area (Å²) < 4.78 is 0. The maximum atomic E-state index is 12.6. The van der Waals surface area contributed by atoms with Gasteiger partial charge in [0, 0.05) is 0 Å². The highest BCUT2D eigenvalue weighted by Gasteiger charge is 2.29. The summed E-state index contributed by atoms with van der Waals surface area (Å²) in [7, 11) is 0. The molecule has 0 aliphatic carbocycles. The van der Waals surface area contributed by atoms with Crippen LogP contribution in [0.25, 0.3) is 6.08 Å². The second-order valence-electron chi connectivity index (χ2n) is 5.37. The Bertz CT molecular complexity index is 996. The van der Waals surface area contributed by atoms with E-state index in [0.29, 0.717) is 11.4 Å². The number of hydrogen-bond acceptors (Lipinski definition) is 5. The third-order valence-corrected chi connectivity index (χ3v) is 3.59. The number of aromatic hydroxyl groups is 1. The predicted octanol–water partition coefficient (Wildman–Crippen LogP) is 0.883. The van der Waals surface area contributed by atoms with E-state index in [2.05, 4.69) is 10.1 Å². The molecule has 1 aromatic heterocycles. The Balaban J connectivity index is 2.04. The van der Waals surface area contributed by atoms with Crippen molar-refractivity contribution in [2.45, 2.75) is 13.8 Å². The van der Waals surface area contributed by atoms with Gasteiger partial charge in [0.25, 0.3) is 11.5 Å². The van der Waals surface area contributed by atoms with Gasteiger partial charge in [-0.3, -0.25) is 19.6 Å². The van der Waals surface area contributed by atoms with Crippen LogP contribution in [0.2, 0.25) is 0 Å². The number of aromatic amines is 2. The Morgan fingerprint density at radius 1 is 1.08 bits per heavy atom. The Kier molecular flexibility index (Phi) is 3.64. The summed E-state index contributed by atoms with van der Waals surface area (Å²) in [5, 5.41) is 15.1. The van der Waals surface area contributed by atoms with E-state index in [4.69, 9.17) is 0 Å². The molecular formula is C16H14N4O4. The Morgan fingerprint density at radius 2 is 1.75 bits per heavy atom. The molecule has 1 aliphatic rings. The molecule has 24 heavy (non-hydrogen) atoms. The quantitative estimate of drug-likeness (QED) is 0.710. The van der Waals surface area contributed by atoms with Crippen LogP contribution in [0.1, 0.15) is 18.1 Å². The van der Waals surface area contributed by atoms with Crippen LogP contribution in [0.15, 0.2) is 44.5 Å². The topological polar surface area (TPSA) is 119 Å². The first kappa shape index (κ1) is 15.5. The fourth-order valence-corrected chi connectivity index (χ4v) is 2.31. The van der Waals surface area contributed by atoms with Crippen LogP contribution in [-0.2, 0) is 4.79 Å². The van der Waals surface area contributed by atoms with E-state index >= 15 is 0 Å². The molecule has 1 aromatic carbocycles. The molecule has 0 saturated heterocycles. The van der Waals surface area contributed by atoms with Gasteiger partial charge in [-0.25, -0.2) is 4.79 Å². The van der Waals surface area contributed by atoms with Crippen LogP contribution in [0.3, 0.4) is 0 Å². The largest absolute Gasteiger partial charge is 0.494 e. The summed E-state index contributed by atoms with van der Waals surface area (Å²) >= 11 is 0. The molecule has 0 spiro atoms. The molecule has 3 rings (SSSR count). The zero-order chi connectivity index (χ0) is 17.4. The summed E-state index contributed by atoms with van der Waals surface area (Å²) in [4.78, 5) is 39.5. The second kappa shape index (κ2) is 5.65. The lowest BCUT2D eigenvalue weighted by molar-refractivity contribution is -0.114. The molecule has 8 nitrogen and oxygen atoms in total. The summed E-state index contributed by atoms with van der Waals surface area (Å²) in [5.41, 5.74) is 0.356. The summed E-state index contributed by atoms with van der Waals surface area (Å²) in [6, 6.07) is 7.23. The van der Waals surface area contributed by atoms with E-state index in [-0.39, 0.29) is 11.1 Å². The fraction of sp³-hybridized carbons (Fsp3) is 0.125. The molecule has 2 heterocycles. The fourth-order valence-electron chi connectivity index (χ4n) is 2.31. The molecule has 3 N–H and O–H groups in total. The number of carbonyl (C=O) groups excluding carboxylic acids is 1. The van der Waals surface area contributed by atoms with Gasteiger partial charge in [0.2, 0.25) is 5.88 Å². The van der Waals surface area contributed by atoms with E-state index < -0.39 is 23.0 Å². The van der Waals surface area contributed by atoms with Gasteiger partial charge in [-0.05, 0) is 32.1 Å². The number of aromatic nitrogens is 2. The maximum absolute atomic E-state index is 12.6. The number of amides is 1. The van der Waals surface area contributed by atoms with E-state index in [1.807, 2.05) is 24.0 Å². The number of hydrazone groups is 1. The molecule has 122 valence electrons. The van der Waals surface area contributed by atoms with Gasteiger partial charge >= 0.3 is 5.69 Å². The van der Waals surface area contributed by atoms with Crippen molar-refractivity contribution < 1.29 is 9.90 Å². The lowest BCUT2D eigenvalue weighted by atomic mass is 10.1. The minimum Gasteiger partial charge on any atom is -0.494 e. The van der Waals surface area contributed by atoms with E-state index in [0.717, 1.165) is 5.56 Å². The maximum Gasteiger partial charge on any atom is 0.328 e. The smallest absolute Gasteiger partial charge is 0.328 e. The highest BCUT2D eigenvalue weighted by atomic mass is 16.3. The first-order valence-electron chi connectivity index (χ1n) is 7.11. The average Bonchev–Trinajstić information content (AvgIpc) is 2.79. The first-order valence-corrected chi connectivity index (χ1v) is 7.11. The van der Waals surface area contributed by atoms with Crippen molar-refractivity contribution >= 4 is 23.4 Å². The number of rotatable bonds is 2. The van der Waals surface area contributed by atoms with Crippen LogP contribution in [0, 0.1) is 6.92 Å². The van der Waals surface area contributed by atoms with Crippen molar-refractivity contribution in [3.8, 4) is 5.88 Å². The molecule has 0 bridgehead atoms. The summed E-state index contributed by atoms with van der Waals surface area (Å²) in [5.74, 6) is -1.04. The SMILES string of the molecule is CC1=NN(c2ccc(C)cc2)C(=O)/C1=C\c1c(O)[nH]c(=O)[nH]c1=O. The molecule has 0 fully saturated rings. The number of benzene rings is 1. The molecule has 0 saturated carbocycles. The van der Waals surface area contributed by atoms with Crippen LogP contribution in [-0.4, -0.2) is 26.7 Å². The number of nitrogens with one attached hydrogen (secondary N) is 2. The highest BCUT2D eigenvalue weighted by molar-refractivity contribution is 6.32. The molecule has 8 heteroatoms. The van der Waals surface area contributed by atoms with E-state index in [1.165, 1.54) is 11.1 Å². The molecule has 0 radical (unpaired) electrons. The summed E-state index contributed by atoms with van der Waals surface area (Å²) in [6.07, 6.45) is 1.21. The van der Waals surface area contributed by atoms with Crippen molar-refractivity contribution in [3.05, 3.63) is 61.8 Å². The van der Waals surface area contributed by atoms with Gasteiger partial charge in [-0.1, -0.05) is 17.7 Å². The van der Waals surface area contributed by atoms with Crippen molar-refractivity contribution in [2.75, 3.05) is 5.01 Å². The lowest BCUT2D eigenvalue weighted by Gasteiger charge is -2.11. The van der Waals surface area contributed by atoms with Gasteiger partial charge in [-0.15, -0.1) is 0 Å². The van der Waals surface area contributed by atoms with Crippen molar-refractivity contribution in [1.29, 1.82) is 0 Å². The molecule has 1 amide bonds. The monoisotopic (exact) mass is 326 g/mol. The van der Waals surface area contributed by atoms with Gasteiger partial charge < -0.3 is 5.11 Å². The van der Waals surface area contributed by atoms with Gasteiger partial charge in [0.05, 0.1) is 17.0 Å². The third-order valence-electron chi connectivity index (χ3n) is 3.59. The normalized spacial score (nSPS) is 15.9. The molecule has 0 unspecified atom stereocenters. The minimum atomic E-state index is -0.830. The van der Waals surface area contributed by atoms with Gasteiger partial charge in [-0.2, -0.15) is 10.1 Å². The van der Waals surface area contributed by atoms with Gasteiger partial charge in [0.1, 0.15) is 5.56 Å². The third kappa shape index (κ3) is 2.65. The zero-order valence-corrected chi connectivity index (χ0v) is 13.0. The van der Waals surface area contributed by atoms with Crippen LogP contribution >= 0.6 is 0 Å². The van der Waals surface area contributed by atoms with Crippen molar-refractivity contribution in [3.63, 3.8) is 0 Å². The molecule has 0 atom stereocenters. The number of aryl methyl sites for hydroxylation is 1. The standard InChI is InChI=1S/C16H14N4O4/c1-8-3-5-10(6-4-8)20-15(23)11(9(2)19-20)7-12-13(21)17-16(24)18-14(12)22/h3-7H,1-2H3,(H3,17,18,21,22,24)/b11-7-. The van der Waals surface area contributed by atoms with Crippen LogP contribution < -0.4 is 16.3 Å². The first-order chi connectivity index (χ1) is 11.4. The lowest BCUT2D eigenvalue weighted by Crippen LogP contribution is -2.25. The Hall–Kier alpha value is -3.42. The Labute approximate surface area is 135 Å². The average molecular weight is 326 g/mol. The predicted molar refractivity (Wildman–Crippen MR) is 89.1 cm³/mol. The minimum absolute atomic E-state index is 0.156. The van der Waals surface area contributed by atoms with E-state index in [1.54, 1.807) is 19.1 Å². The molecule has 1 aliphatic heterocycles. The van der Waals surface area contributed by atoms with E-state index in [9.17, 15) is 19.5 Å². The van der Waals surface area contributed by atoms with Crippen molar-refractivity contribution in [2.24, 2.45) is 5.10 Å². The molecule has 2 aromatic rings.